The molecular weight excluding hydrogens is 222 g/mol. The Hall–Kier alpha value is -1.51. The van der Waals surface area contributed by atoms with Crippen LogP contribution < -0.4 is 10.6 Å². The standard InChI is InChI=1S/C15H23N3/c1-11-7-8-14(13(10-11)15(16)17)18-9-5-3-4-6-12(18)2/h7-8,10,12H,3-6,9H2,1-2H3,(H3,16,17). The molecule has 1 aliphatic rings. The molecule has 98 valence electrons. The molecule has 3 N–H and O–H groups in total. The largest absolute Gasteiger partial charge is 0.384 e. The molecule has 0 saturated carbocycles. The molecule has 1 fully saturated rings. The number of aryl methyl sites for hydroxylation is 1. The van der Waals surface area contributed by atoms with E-state index in [2.05, 4.69) is 24.0 Å². The van der Waals surface area contributed by atoms with E-state index in [9.17, 15) is 0 Å². The van der Waals surface area contributed by atoms with E-state index in [4.69, 9.17) is 11.1 Å². The molecule has 1 aromatic rings. The fourth-order valence-corrected chi connectivity index (χ4v) is 2.75. The molecule has 1 aromatic carbocycles. The number of anilines is 1. The van der Waals surface area contributed by atoms with Gasteiger partial charge in [-0.05, 0) is 38.8 Å². The van der Waals surface area contributed by atoms with Gasteiger partial charge in [-0.1, -0.05) is 24.5 Å². The van der Waals surface area contributed by atoms with E-state index < -0.39 is 0 Å². The molecule has 3 nitrogen and oxygen atoms in total. The lowest BCUT2D eigenvalue weighted by molar-refractivity contribution is 0.616. The van der Waals surface area contributed by atoms with E-state index >= 15 is 0 Å². The van der Waals surface area contributed by atoms with Gasteiger partial charge in [-0.15, -0.1) is 0 Å². The summed E-state index contributed by atoms with van der Waals surface area (Å²) >= 11 is 0. The van der Waals surface area contributed by atoms with E-state index in [1.165, 1.54) is 25.7 Å². The first-order chi connectivity index (χ1) is 8.59. The van der Waals surface area contributed by atoms with Gasteiger partial charge >= 0.3 is 0 Å². The highest BCUT2D eigenvalue weighted by atomic mass is 15.2. The molecule has 3 heteroatoms. The zero-order chi connectivity index (χ0) is 13.1. The quantitative estimate of drug-likeness (QED) is 0.621. The van der Waals surface area contributed by atoms with Gasteiger partial charge < -0.3 is 10.6 Å². The Bertz CT molecular complexity index is 439. The average Bonchev–Trinajstić information content (AvgIpc) is 2.54. The van der Waals surface area contributed by atoms with Gasteiger partial charge in [0.25, 0.3) is 0 Å². The summed E-state index contributed by atoms with van der Waals surface area (Å²) < 4.78 is 0. The fourth-order valence-electron chi connectivity index (χ4n) is 2.75. The summed E-state index contributed by atoms with van der Waals surface area (Å²) in [6.45, 7) is 5.39. The first-order valence-corrected chi connectivity index (χ1v) is 6.81. The lowest BCUT2D eigenvalue weighted by Crippen LogP contribution is -2.34. The summed E-state index contributed by atoms with van der Waals surface area (Å²) in [5.41, 5.74) is 8.90. The van der Waals surface area contributed by atoms with Gasteiger partial charge in [-0.25, -0.2) is 0 Å². The minimum atomic E-state index is 0.171. The minimum Gasteiger partial charge on any atom is -0.384 e. The number of hydrogen-bond donors (Lipinski definition) is 2. The Balaban J connectivity index is 2.39. The van der Waals surface area contributed by atoms with E-state index in [0.29, 0.717) is 6.04 Å². The van der Waals surface area contributed by atoms with E-state index in [-0.39, 0.29) is 5.84 Å². The van der Waals surface area contributed by atoms with Gasteiger partial charge in [-0.3, -0.25) is 5.41 Å². The number of rotatable bonds is 2. The highest BCUT2D eigenvalue weighted by Crippen LogP contribution is 2.27. The third-order valence-corrected chi connectivity index (χ3v) is 3.80. The Kier molecular flexibility index (Phi) is 3.90. The number of nitrogens with zero attached hydrogens (tertiary/aromatic N) is 1. The summed E-state index contributed by atoms with van der Waals surface area (Å²) in [6, 6.07) is 6.79. The van der Waals surface area contributed by atoms with Crippen molar-refractivity contribution in [2.45, 2.75) is 45.6 Å². The van der Waals surface area contributed by atoms with Crippen LogP contribution in [0.25, 0.3) is 0 Å². The molecule has 1 saturated heterocycles. The van der Waals surface area contributed by atoms with Crippen LogP contribution in [0.2, 0.25) is 0 Å². The maximum absolute atomic E-state index is 7.76. The summed E-state index contributed by atoms with van der Waals surface area (Å²) in [6.07, 6.45) is 5.07. The number of hydrogen-bond acceptors (Lipinski definition) is 2. The number of benzene rings is 1. The number of nitrogens with two attached hydrogens (primary N) is 1. The van der Waals surface area contributed by atoms with Gasteiger partial charge in [-0.2, -0.15) is 0 Å². The van der Waals surface area contributed by atoms with Crippen LogP contribution in [0.1, 0.15) is 43.7 Å². The van der Waals surface area contributed by atoms with Crippen molar-refractivity contribution in [3.8, 4) is 0 Å². The summed E-state index contributed by atoms with van der Waals surface area (Å²) in [5.74, 6) is 0.171. The van der Waals surface area contributed by atoms with Gasteiger partial charge in [0.15, 0.2) is 0 Å². The Morgan fingerprint density at radius 1 is 1.33 bits per heavy atom. The van der Waals surface area contributed by atoms with Gasteiger partial charge in [0.2, 0.25) is 0 Å². The SMILES string of the molecule is Cc1ccc(N2CCCCCC2C)c(C(=N)N)c1. The minimum absolute atomic E-state index is 0.171. The third kappa shape index (κ3) is 2.66. The molecule has 0 bridgehead atoms. The maximum atomic E-state index is 7.76. The second kappa shape index (κ2) is 5.42. The monoisotopic (exact) mass is 245 g/mol. The first-order valence-electron chi connectivity index (χ1n) is 6.81. The number of nitrogens with one attached hydrogen (secondary N) is 1. The van der Waals surface area contributed by atoms with Crippen molar-refractivity contribution in [3.05, 3.63) is 29.3 Å². The van der Waals surface area contributed by atoms with Crippen LogP contribution in [-0.4, -0.2) is 18.4 Å². The molecular formula is C15H23N3. The predicted molar refractivity (Wildman–Crippen MR) is 77.5 cm³/mol. The fraction of sp³-hybridized carbons (Fsp3) is 0.533. The molecule has 0 aliphatic carbocycles. The highest BCUT2D eigenvalue weighted by molar-refractivity contribution is 6.00. The van der Waals surface area contributed by atoms with Crippen LogP contribution >= 0.6 is 0 Å². The van der Waals surface area contributed by atoms with Crippen molar-refractivity contribution in [2.24, 2.45) is 5.73 Å². The van der Waals surface area contributed by atoms with Crippen LogP contribution in [0.15, 0.2) is 18.2 Å². The van der Waals surface area contributed by atoms with E-state index in [1.54, 1.807) is 0 Å². The lowest BCUT2D eigenvalue weighted by Gasteiger charge is -2.31. The van der Waals surface area contributed by atoms with Crippen molar-refractivity contribution < 1.29 is 0 Å². The van der Waals surface area contributed by atoms with Gasteiger partial charge in [0.1, 0.15) is 5.84 Å². The third-order valence-electron chi connectivity index (χ3n) is 3.80. The van der Waals surface area contributed by atoms with Crippen molar-refractivity contribution in [1.29, 1.82) is 5.41 Å². The summed E-state index contributed by atoms with van der Waals surface area (Å²) in [5, 5.41) is 7.76. The van der Waals surface area contributed by atoms with Crippen LogP contribution in [0, 0.1) is 12.3 Å². The zero-order valence-electron chi connectivity index (χ0n) is 11.4. The molecule has 18 heavy (non-hydrogen) atoms. The molecule has 1 unspecified atom stereocenters. The predicted octanol–water partition coefficient (Wildman–Crippen LogP) is 3.05. The number of amidine groups is 1. The first kappa shape index (κ1) is 12.9. The molecule has 0 radical (unpaired) electrons. The second-order valence-corrected chi connectivity index (χ2v) is 5.33. The molecule has 1 aliphatic heterocycles. The van der Waals surface area contributed by atoms with Crippen molar-refractivity contribution in [1.82, 2.24) is 0 Å². The molecule has 1 heterocycles. The van der Waals surface area contributed by atoms with Gasteiger partial charge in [0.05, 0.1) is 0 Å². The Morgan fingerprint density at radius 3 is 2.83 bits per heavy atom. The normalized spacial score (nSPS) is 20.6. The highest BCUT2D eigenvalue weighted by Gasteiger charge is 2.20. The van der Waals surface area contributed by atoms with Crippen LogP contribution in [0.3, 0.4) is 0 Å². The smallest absolute Gasteiger partial charge is 0.124 e. The molecule has 0 amide bonds. The lowest BCUT2D eigenvalue weighted by atomic mass is 10.1. The van der Waals surface area contributed by atoms with Crippen LogP contribution in [0.5, 0.6) is 0 Å². The molecule has 0 aromatic heterocycles. The number of nitrogen functional groups attached to an aromatic ring is 1. The van der Waals surface area contributed by atoms with Crippen molar-refractivity contribution in [2.75, 3.05) is 11.4 Å². The van der Waals surface area contributed by atoms with E-state index in [0.717, 1.165) is 23.4 Å². The van der Waals surface area contributed by atoms with Gasteiger partial charge in [0, 0.05) is 23.8 Å². The molecule has 2 rings (SSSR count). The van der Waals surface area contributed by atoms with Crippen LogP contribution in [0.4, 0.5) is 5.69 Å². The summed E-state index contributed by atoms with van der Waals surface area (Å²) in [4.78, 5) is 2.42. The van der Waals surface area contributed by atoms with Crippen LogP contribution in [-0.2, 0) is 0 Å². The molecule has 1 atom stereocenters. The van der Waals surface area contributed by atoms with Crippen molar-refractivity contribution >= 4 is 11.5 Å². The zero-order valence-corrected chi connectivity index (χ0v) is 11.4. The topological polar surface area (TPSA) is 53.1 Å². The second-order valence-electron chi connectivity index (χ2n) is 5.33. The maximum Gasteiger partial charge on any atom is 0.124 e. The summed E-state index contributed by atoms with van der Waals surface area (Å²) in [7, 11) is 0. The van der Waals surface area contributed by atoms with Crippen molar-refractivity contribution in [3.63, 3.8) is 0 Å². The Morgan fingerprint density at radius 2 is 2.11 bits per heavy atom. The van der Waals surface area contributed by atoms with E-state index in [1.807, 2.05) is 13.0 Å². The molecule has 0 spiro atoms. The Labute approximate surface area is 109 Å². The average molecular weight is 245 g/mol.